The highest BCUT2D eigenvalue weighted by molar-refractivity contribution is 5.85. The second kappa shape index (κ2) is 7.12. The summed E-state index contributed by atoms with van der Waals surface area (Å²) in [5.41, 5.74) is 0.506. The van der Waals surface area contributed by atoms with E-state index in [4.69, 9.17) is 0 Å². The first-order valence-electron chi connectivity index (χ1n) is 8.04. The largest absolute Gasteiger partial charge is 0.338 e. The molecule has 5 heteroatoms. The number of hydrogen-bond donors (Lipinski definition) is 1. The van der Waals surface area contributed by atoms with Gasteiger partial charge in [0, 0.05) is 39.0 Å². The van der Waals surface area contributed by atoms with E-state index in [1.54, 1.807) is 0 Å². The van der Waals surface area contributed by atoms with Gasteiger partial charge in [0.15, 0.2) is 0 Å². The molecule has 4 nitrogen and oxygen atoms in total. The molecule has 0 radical (unpaired) electrons. The van der Waals surface area contributed by atoms with Crippen molar-refractivity contribution in [1.82, 2.24) is 19.8 Å². The van der Waals surface area contributed by atoms with Gasteiger partial charge in [0.2, 0.25) is 0 Å². The van der Waals surface area contributed by atoms with Gasteiger partial charge in [-0.3, -0.25) is 0 Å². The van der Waals surface area contributed by atoms with Crippen LogP contribution in [0.25, 0.3) is 0 Å². The lowest BCUT2D eigenvalue weighted by Crippen LogP contribution is -2.42. The Balaban J connectivity index is 0.00000161. The third kappa shape index (κ3) is 4.21. The minimum atomic E-state index is 0. The summed E-state index contributed by atoms with van der Waals surface area (Å²) in [4.78, 5) is 7.15. The van der Waals surface area contributed by atoms with Crippen LogP contribution in [0.2, 0.25) is 0 Å². The number of imidazole rings is 1. The normalized spacial score (nSPS) is 27.7. The number of hydrogen-bond acceptors (Lipinski definition) is 3. The van der Waals surface area contributed by atoms with E-state index < -0.39 is 0 Å². The van der Waals surface area contributed by atoms with Gasteiger partial charge in [0.25, 0.3) is 0 Å². The molecule has 1 aromatic heterocycles. The van der Waals surface area contributed by atoms with E-state index in [1.807, 2.05) is 6.20 Å². The average Bonchev–Trinajstić information content (AvgIpc) is 3.02. The third-order valence-electron chi connectivity index (χ3n) is 5.16. The van der Waals surface area contributed by atoms with Crippen LogP contribution in [0.3, 0.4) is 0 Å². The van der Waals surface area contributed by atoms with Gasteiger partial charge >= 0.3 is 0 Å². The molecule has 3 heterocycles. The number of rotatable bonds is 4. The molecule has 21 heavy (non-hydrogen) atoms. The van der Waals surface area contributed by atoms with Crippen LogP contribution in [0.4, 0.5) is 0 Å². The Bertz CT molecular complexity index is 431. The average molecular weight is 313 g/mol. The van der Waals surface area contributed by atoms with E-state index in [-0.39, 0.29) is 12.4 Å². The van der Waals surface area contributed by atoms with Gasteiger partial charge in [-0.15, -0.1) is 12.4 Å². The van der Waals surface area contributed by atoms with E-state index in [9.17, 15) is 0 Å². The fourth-order valence-electron chi connectivity index (χ4n) is 3.74. The van der Waals surface area contributed by atoms with Crippen LogP contribution in [0, 0.1) is 11.3 Å². The molecule has 2 aliphatic rings. The van der Waals surface area contributed by atoms with Gasteiger partial charge in [-0.2, -0.15) is 0 Å². The van der Waals surface area contributed by atoms with Crippen LogP contribution < -0.4 is 5.32 Å². The molecule has 1 unspecified atom stereocenters. The predicted molar refractivity (Wildman–Crippen MR) is 88.9 cm³/mol. The van der Waals surface area contributed by atoms with Crippen molar-refractivity contribution in [3.8, 4) is 0 Å². The van der Waals surface area contributed by atoms with Crippen LogP contribution in [0.15, 0.2) is 12.4 Å². The number of nitrogens with one attached hydrogen (secondary N) is 1. The maximum atomic E-state index is 4.46. The summed E-state index contributed by atoms with van der Waals surface area (Å²) in [5.74, 6) is 2.07. The van der Waals surface area contributed by atoms with E-state index >= 15 is 0 Å². The molecule has 3 rings (SSSR count). The van der Waals surface area contributed by atoms with Crippen molar-refractivity contribution < 1.29 is 0 Å². The van der Waals surface area contributed by atoms with Gasteiger partial charge in [-0.25, -0.2) is 4.98 Å². The molecule has 0 spiro atoms. The Labute approximate surface area is 134 Å². The van der Waals surface area contributed by atoms with Crippen molar-refractivity contribution in [2.24, 2.45) is 18.4 Å². The summed E-state index contributed by atoms with van der Waals surface area (Å²) in [7, 11) is 2.10. The molecular weight excluding hydrogens is 284 g/mol. The van der Waals surface area contributed by atoms with Crippen molar-refractivity contribution in [3.63, 3.8) is 0 Å². The standard InChI is InChI=1S/C16H28N4.ClH/c1-16(5-6-17-12-16)13-20-8-3-14(4-9-20)11-15-18-7-10-19(15)2;/h7,10,14,17H,3-6,8-9,11-13H2,1-2H3;1H. The Morgan fingerprint density at radius 1 is 1.38 bits per heavy atom. The second-order valence-electron chi connectivity index (χ2n) is 7.12. The van der Waals surface area contributed by atoms with Gasteiger partial charge in [0.05, 0.1) is 0 Å². The number of halogens is 1. The molecule has 2 saturated heterocycles. The van der Waals surface area contributed by atoms with Crippen LogP contribution >= 0.6 is 12.4 Å². The maximum absolute atomic E-state index is 4.46. The van der Waals surface area contributed by atoms with Crippen molar-refractivity contribution >= 4 is 12.4 Å². The highest BCUT2D eigenvalue weighted by atomic mass is 35.5. The first kappa shape index (κ1) is 16.8. The maximum Gasteiger partial charge on any atom is 0.108 e. The third-order valence-corrected chi connectivity index (χ3v) is 5.16. The summed E-state index contributed by atoms with van der Waals surface area (Å²) >= 11 is 0. The molecule has 1 N–H and O–H groups in total. The Kier molecular flexibility index (Phi) is 5.69. The fourth-order valence-corrected chi connectivity index (χ4v) is 3.74. The van der Waals surface area contributed by atoms with Crippen molar-refractivity contribution in [3.05, 3.63) is 18.2 Å². The molecule has 120 valence electrons. The van der Waals surface area contributed by atoms with Gasteiger partial charge in [0.1, 0.15) is 5.82 Å². The van der Waals surface area contributed by atoms with E-state index in [0.29, 0.717) is 5.41 Å². The minimum absolute atomic E-state index is 0. The highest BCUT2D eigenvalue weighted by Crippen LogP contribution is 2.28. The molecule has 0 amide bonds. The monoisotopic (exact) mass is 312 g/mol. The van der Waals surface area contributed by atoms with Crippen molar-refractivity contribution in [2.45, 2.75) is 32.6 Å². The number of aromatic nitrogens is 2. The van der Waals surface area contributed by atoms with Gasteiger partial charge < -0.3 is 14.8 Å². The van der Waals surface area contributed by atoms with E-state index in [0.717, 1.165) is 12.3 Å². The number of piperidine rings is 1. The minimum Gasteiger partial charge on any atom is -0.338 e. The molecule has 0 bridgehead atoms. The molecule has 0 aliphatic carbocycles. The summed E-state index contributed by atoms with van der Waals surface area (Å²) in [5, 5.41) is 3.51. The second-order valence-corrected chi connectivity index (χ2v) is 7.12. The topological polar surface area (TPSA) is 33.1 Å². The zero-order valence-electron chi connectivity index (χ0n) is 13.3. The molecule has 0 aromatic carbocycles. The summed E-state index contributed by atoms with van der Waals surface area (Å²) in [6.07, 6.45) is 9.11. The molecule has 1 atom stereocenters. The molecule has 1 aromatic rings. The Hall–Kier alpha value is -0.580. The van der Waals surface area contributed by atoms with Crippen LogP contribution in [-0.4, -0.2) is 47.2 Å². The van der Waals surface area contributed by atoms with Gasteiger partial charge in [-0.05, 0) is 50.2 Å². The molecule has 2 fully saturated rings. The summed E-state index contributed by atoms with van der Waals surface area (Å²) < 4.78 is 2.16. The lowest BCUT2D eigenvalue weighted by Gasteiger charge is -2.37. The van der Waals surface area contributed by atoms with E-state index in [2.05, 4.69) is 39.9 Å². The highest BCUT2D eigenvalue weighted by Gasteiger charge is 2.32. The van der Waals surface area contributed by atoms with Crippen LogP contribution in [-0.2, 0) is 13.5 Å². The molecular formula is C16H29ClN4. The van der Waals surface area contributed by atoms with Crippen LogP contribution in [0.1, 0.15) is 32.0 Å². The molecule has 2 aliphatic heterocycles. The Morgan fingerprint density at radius 2 is 2.14 bits per heavy atom. The number of aryl methyl sites for hydroxylation is 1. The van der Waals surface area contributed by atoms with Crippen molar-refractivity contribution in [1.29, 1.82) is 0 Å². The fraction of sp³-hybridized carbons (Fsp3) is 0.812. The zero-order valence-corrected chi connectivity index (χ0v) is 14.2. The predicted octanol–water partition coefficient (Wildman–Crippen LogP) is 2.10. The van der Waals surface area contributed by atoms with Crippen molar-refractivity contribution in [2.75, 3.05) is 32.7 Å². The van der Waals surface area contributed by atoms with E-state index in [1.165, 1.54) is 57.8 Å². The summed E-state index contributed by atoms with van der Waals surface area (Å²) in [6, 6.07) is 0. The lowest BCUT2D eigenvalue weighted by atomic mass is 9.87. The lowest BCUT2D eigenvalue weighted by molar-refractivity contribution is 0.127. The van der Waals surface area contributed by atoms with Crippen LogP contribution in [0.5, 0.6) is 0 Å². The summed E-state index contributed by atoms with van der Waals surface area (Å²) in [6.45, 7) is 8.64. The zero-order chi connectivity index (χ0) is 14.0. The quantitative estimate of drug-likeness (QED) is 0.924. The number of nitrogens with zero attached hydrogens (tertiary/aromatic N) is 3. The number of likely N-dealkylation sites (tertiary alicyclic amines) is 1. The smallest absolute Gasteiger partial charge is 0.108 e. The Morgan fingerprint density at radius 3 is 2.71 bits per heavy atom. The first-order valence-corrected chi connectivity index (χ1v) is 8.04. The first-order chi connectivity index (χ1) is 9.65. The molecule has 0 saturated carbocycles. The van der Waals surface area contributed by atoms with Gasteiger partial charge in [-0.1, -0.05) is 6.92 Å². The SMILES string of the molecule is Cl.Cn1ccnc1CC1CCN(CC2(C)CCNC2)CC1.